The fraction of sp³-hybridized carbons (Fsp3) is 0.455. The number of pyridine rings is 1. The summed E-state index contributed by atoms with van der Waals surface area (Å²) in [4.78, 5) is 14.6. The van der Waals surface area contributed by atoms with E-state index in [4.69, 9.17) is 11.6 Å². The van der Waals surface area contributed by atoms with Gasteiger partial charge in [-0.05, 0) is 13.0 Å². The molecular formula is C11H13ClFNO4. The van der Waals surface area contributed by atoms with E-state index in [2.05, 4.69) is 9.72 Å². The number of aromatic nitrogens is 1. The average molecular weight is 278 g/mol. The third-order valence-electron chi connectivity index (χ3n) is 2.24. The molecule has 1 heterocycles. The summed E-state index contributed by atoms with van der Waals surface area (Å²) in [6.07, 6.45) is -2.29. The van der Waals surface area contributed by atoms with Gasteiger partial charge < -0.3 is 14.9 Å². The Hall–Kier alpha value is -1.24. The molecule has 100 valence electrons. The quantitative estimate of drug-likeness (QED) is 0.625. The van der Waals surface area contributed by atoms with Crippen LogP contribution in [0.4, 0.5) is 4.39 Å². The van der Waals surface area contributed by atoms with Crippen molar-refractivity contribution in [2.24, 2.45) is 0 Å². The third kappa shape index (κ3) is 3.63. The summed E-state index contributed by atoms with van der Waals surface area (Å²) in [6, 6.07) is 1.18. The predicted molar refractivity (Wildman–Crippen MR) is 61.4 cm³/mol. The highest BCUT2D eigenvalue weighted by atomic mass is 35.5. The topological polar surface area (TPSA) is 79.7 Å². The van der Waals surface area contributed by atoms with Gasteiger partial charge in [-0.3, -0.25) is 4.79 Å². The molecule has 0 aliphatic carbocycles. The second-order valence-electron chi connectivity index (χ2n) is 3.53. The van der Waals surface area contributed by atoms with Crippen LogP contribution in [0.15, 0.2) is 12.3 Å². The number of carbonyl (C=O) groups excluding carboxylic acids is 1. The van der Waals surface area contributed by atoms with Crippen LogP contribution >= 0.6 is 11.6 Å². The van der Waals surface area contributed by atoms with Gasteiger partial charge in [-0.25, -0.2) is 9.37 Å². The van der Waals surface area contributed by atoms with Crippen LogP contribution in [0.25, 0.3) is 0 Å². The standard InChI is InChI=1S/C11H13ClFNO4/c1-2-18-8(16)5-7(15)10(17)6-3-4-14-11(12)9(6)13/h3-4,7,10,15,17H,2,5H2,1H3. The Kier molecular flexibility index (Phi) is 5.46. The molecule has 0 radical (unpaired) electrons. The summed E-state index contributed by atoms with van der Waals surface area (Å²) in [7, 11) is 0. The van der Waals surface area contributed by atoms with E-state index in [1.54, 1.807) is 6.92 Å². The zero-order valence-electron chi connectivity index (χ0n) is 9.64. The maximum atomic E-state index is 13.5. The van der Waals surface area contributed by atoms with Crippen molar-refractivity contribution in [2.75, 3.05) is 6.61 Å². The van der Waals surface area contributed by atoms with Gasteiger partial charge in [0.2, 0.25) is 0 Å². The van der Waals surface area contributed by atoms with Crippen molar-refractivity contribution in [3.8, 4) is 0 Å². The monoisotopic (exact) mass is 277 g/mol. The number of hydrogen-bond donors (Lipinski definition) is 2. The summed E-state index contributed by atoms with van der Waals surface area (Å²) >= 11 is 5.45. The van der Waals surface area contributed by atoms with Crippen LogP contribution in [0.1, 0.15) is 25.0 Å². The number of carbonyl (C=O) groups is 1. The lowest BCUT2D eigenvalue weighted by Crippen LogP contribution is -2.24. The van der Waals surface area contributed by atoms with E-state index in [9.17, 15) is 19.4 Å². The maximum absolute atomic E-state index is 13.5. The SMILES string of the molecule is CCOC(=O)CC(O)C(O)c1ccnc(Cl)c1F. The van der Waals surface area contributed by atoms with Gasteiger partial charge in [0.1, 0.15) is 6.10 Å². The van der Waals surface area contributed by atoms with Crippen molar-refractivity contribution in [3.63, 3.8) is 0 Å². The number of aliphatic hydroxyl groups is 2. The Labute approximate surface area is 108 Å². The first-order valence-electron chi connectivity index (χ1n) is 5.29. The molecule has 2 unspecified atom stereocenters. The second kappa shape index (κ2) is 6.63. The first kappa shape index (κ1) is 14.8. The second-order valence-corrected chi connectivity index (χ2v) is 3.88. The molecule has 1 rings (SSSR count). The largest absolute Gasteiger partial charge is 0.466 e. The lowest BCUT2D eigenvalue weighted by molar-refractivity contribution is -0.147. The third-order valence-corrected chi connectivity index (χ3v) is 2.50. The van der Waals surface area contributed by atoms with Gasteiger partial charge in [-0.15, -0.1) is 0 Å². The number of halogens is 2. The first-order chi connectivity index (χ1) is 8.47. The van der Waals surface area contributed by atoms with E-state index in [1.807, 2.05) is 0 Å². The molecule has 0 saturated carbocycles. The van der Waals surface area contributed by atoms with Crippen molar-refractivity contribution in [1.29, 1.82) is 0 Å². The molecule has 0 aliphatic rings. The first-order valence-corrected chi connectivity index (χ1v) is 5.66. The summed E-state index contributed by atoms with van der Waals surface area (Å²) in [5.74, 6) is -1.60. The minimum absolute atomic E-state index is 0.164. The molecule has 0 aliphatic heterocycles. The van der Waals surface area contributed by atoms with Gasteiger partial charge >= 0.3 is 5.97 Å². The molecular weight excluding hydrogens is 265 g/mol. The van der Waals surface area contributed by atoms with Gasteiger partial charge in [0.05, 0.1) is 19.1 Å². The normalized spacial score (nSPS) is 14.1. The fourth-order valence-corrected chi connectivity index (χ4v) is 1.54. The van der Waals surface area contributed by atoms with Crippen molar-refractivity contribution in [1.82, 2.24) is 4.98 Å². The van der Waals surface area contributed by atoms with E-state index in [0.717, 1.165) is 0 Å². The van der Waals surface area contributed by atoms with Crippen LogP contribution in [-0.2, 0) is 9.53 Å². The number of rotatable bonds is 5. The zero-order valence-corrected chi connectivity index (χ0v) is 10.4. The predicted octanol–water partition coefficient (Wildman–Crippen LogP) is 1.22. The molecule has 0 fully saturated rings. The molecule has 1 aromatic rings. The van der Waals surface area contributed by atoms with Gasteiger partial charge in [0.25, 0.3) is 0 Å². The van der Waals surface area contributed by atoms with Gasteiger partial charge in [0, 0.05) is 11.8 Å². The molecule has 0 saturated heterocycles. The van der Waals surface area contributed by atoms with Crippen molar-refractivity contribution in [3.05, 3.63) is 28.8 Å². The van der Waals surface area contributed by atoms with E-state index >= 15 is 0 Å². The van der Waals surface area contributed by atoms with Crippen LogP contribution in [0.2, 0.25) is 5.15 Å². The molecule has 0 amide bonds. The number of ether oxygens (including phenoxy) is 1. The lowest BCUT2D eigenvalue weighted by atomic mass is 10.0. The van der Waals surface area contributed by atoms with Crippen molar-refractivity contribution < 1.29 is 24.1 Å². The highest BCUT2D eigenvalue weighted by Gasteiger charge is 2.25. The summed E-state index contributed by atoms with van der Waals surface area (Å²) in [5, 5.41) is 18.9. The Bertz CT molecular complexity index is 430. The average Bonchev–Trinajstić information content (AvgIpc) is 2.32. The lowest BCUT2D eigenvalue weighted by Gasteiger charge is -2.18. The highest BCUT2D eigenvalue weighted by molar-refractivity contribution is 6.29. The molecule has 5 nitrogen and oxygen atoms in total. The molecule has 0 bridgehead atoms. The van der Waals surface area contributed by atoms with Crippen LogP contribution in [0.5, 0.6) is 0 Å². The Morgan fingerprint density at radius 3 is 2.89 bits per heavy atom. The van der Waals surface area contributed by atoms with Gasteiger partial charge in [-0.1, -0.05) is 11.6 Å². The Balaban J connectivity index is 2.77. The fourth-order valence-electron chi connectivity index (χ4n) is 1.37. The van der Waals surface area contributed by atoms with Gasteiger partial charge in [0.15, 0.2) is 11.0 Å². The molecule has 2 atom stereocenters. The molecule has 7 heteroatoms. The van der Waals surface area contributed by atoms with Crippen LogP contribution in [0, 0.1) is 5.82 Å². The number of esters is 1. The summed E-state index contributed by atoms with van der Waals surface area (Å²) in [6.45, 7) is 1.78. The van der Waals surface area contributed by atoms with Crippen LogP contribution in [-0.4, -0.2) is 33.9 Å². The van der Waals surface area contributed by atoms with Crippen LogP contribution < -0.4 is 0 Å². The minimum atomic E-state index is -1.57. The zero-order chi connectivity index (χ0) is 13.7. The maximum Gasteiger partial charge on any atom is 0.308 e. The highest BCUT2D eigenvalue weighted by Crippen LogP contribution is 2.25. The Morgan fingerprint density at radius 2 is 2.28 bits per heavy atom. The number of aliphatic hydroxyl groups excluding tert-OH is 2. The number of hydrogen-bond acceptors (Lipinski definition) is 5. The van der Waals surface area contributed by atoms with E-state index < -0.39 is 35.6 Å². The van der Waals surface area contributed by atoms with Crippen LogP contribution in [0.3, 0.4) is 0 Å². The molecule has 0 aromatic carbocycles. The minimum Gasteiger partial charge on any atom is -0.466 e. The Morgan fingerprint density at radius 1 is 1.61 bits per heavy atom. The summed E-state index contributed by atoms with van der Waals surface area (Å²) in [5.41, 5.74) is -0.216. The molecule has 2 N–H and O–H groups in total. The van der Waals surface area contributed by atoms with Crippen molar-refractivity contribution in [2.45, 2.75) is 25.6 Å². The van der Waals surface area contributed by atoms with E-state index in [1.165, 1.54) is 12.3 Å². The molecule has 1 aromatic heterocycles. The summed E-state index contributed by atoms with van der Waals surface area (Å²) < 4.78 is 18.1. The van der Waals surface area contributed by atoms with Gasteiger partial charge in [-0.2, -0.15) is 0 Å². The molecule has 0 spiro atoms. The number of nitrogens with zero attached hydrogens (tertiary/aromatic N) is 1. The van der Waals surface area contributed by atoms with Crippen molar-refractivity contribution >= 4 is 17.6 Å². The molecule has 18 heavy (non-hydrogen) atoms. The van der Waals surface area contributed by atoms with E-state index in [0.29, 0.717) is 0 Å². The van der Waals surface area contributed by atoms with E-state index in [-0.39, 0.29) is 12.2 Å². The smallest absolute Gasteiger partial charge is 0.308 e.